The Kier molecular flexibility index (Phi) is 8.12. The fourth-order valence-corrected chi connectivity index (χ4v) is 5.21. The average Bonchev–Trinajstić information content (AvgIpc) is 3.29. The van der Waals surface area contributed by atoms with Gasteiger partial charge in [0.2, 0.25) is 5.91 Å². The summed E-state index contributed by atoms with van der Waals surface area (Å²) in [5.74, 6) is 1.23. The third-order valence-electron chi connectivity index (χ3n) is 7.08. The highest BCUT2D eigenvalue weighted by Crippen LogP contribution is 2.41. The van der Waals surface area contributed by atoms with E-state index in [-0.39, 0.29) is 11.8 Å². The van der Waals surface area contributed by atoms with Crippen LogP contribution in [-0.4, -0.2) is 55.7 Å². The quantitative estimate of drug-likeness (QED) is 0.411. The van der Waals surface area contributed by atoms with Crippen molar-refractivity contribution in [3.63, 3.8) is 0 Å². The van der Waals surface area contributed by atoms with E-state index in [0.29, 0.717) is 30.5 Å². The van der Waals surface area contributed by atoms with E-state index in [0.717, 1.165) is 35.0 Å². The zero-order chi connectivity index (χ0) is 23.9. The summed E-state index contributed by atoms with van der Waals surface area (Å²) < 4.78 is 11.3. The lowest BCUT2D eigenvalue weighted by molar-refractivity contribution is -0.121. The van der Waals surface area contributed by atoms with Crippen LogP contribution in [0.3, 0.4) is 0 Å². The van der Waals surface area contributed by atoms with Crippen LogP contribution in [0.2, 0.25) is 0 Å². The Hall–Kier alpha value is -2.99. The first-order valence-electron chi connectivity index (χ1n) is 12.4. The van der Waals surface area contributed by atoms with E-state index in [2.05, 4.69) is 34.3 Å². The molecule has 6 nitrogen and oxygen atoms in total. The topological polar surface area (TPSA) is 66.6 Å². The number of methoxy groups -OCH3 is 2. The van der Waals surface area contributed by atoms with Crippen molar-refractivity contribution < 1.29 is 14.3 Å². The van der Waals surface area contributed by atoms with Crippen LogP contribution >= 0.6 is 0 Å². The molecular weight excluding hydrogens is 426 g/mol. The van der Waals surface area contributed by atoms with Crippen LogP contribution in [0.5, 0.6) is 11.5 Å². The maximum absolute atomic E-state index is 13.1. The molecule has 4 rings (SSSR count). The number of likely N-dealkylation sites (tertiary alicyclic amines) is 1. The van der Waals surface area contributed by atoms with E-state index in [1.807, 2.05) is 36.5 Å². The van der Waals surface area contributed by atoms with Crippen LogP contribution in [0.1, 0.15) is 56.1 Å². The van der Waals surface area contributed by atoms with Gasteiger partial charge in [0.1, 0.15) is 0 Å². The molecule has 0 aliphatic carbocycles. The number of nitrogens with zero attached hydrogens (tertiary/aromatic N) is 1. The largest absolute Gasteiger partial charge is 0.493 e. The van der Waals surface area contributed by atoms with E-state index in [1.165, 1.54) is 25.8 Å². The SMILES string of the molecule is COc1cccc(C(CC(=O)NCCCN2CCCCC2C)c2c[nH]c3ccccc23)c1OC. The van der Waals surface area contributed by atoms with E-state index in [4.69, 9.17) is 9.47 Å². The van der Waals surface area contributed by atoms with Crippen LogP contribution in [0.15, 0.2) is 48.7 Å². The van der Waals surface area contributed by atoms with Gasteiger partial charge in [0, 0.05) is 54.1 Å². The van der Waals surface area contributed by atoms with Crippen molar-refractivity contribution in [1.29, 1.82) is 0 Å². The van der Waals surface area contributed by atoms with Gasteiger partial charge in [-0.25, -0.2) is 0 Å². The Balaban J connectivity index is 1.51. The molecule has 6 heteroatoms. The van der Waals surface area contributed by atoms with Crippen molar-refractivity contribution in [3.05, 3.63) is 59.8 Å². The predicted octanol–water partition coefficient (Wildman–Crippen LogP) is 5.09. The number of H-pyrrole nitrogens is 1. The van der Waals surface area contributed by atoms with Gasteiger partial charge >= 0.3 is 0 Å². The van der Waals surface area contributed by atoms with Gasteiger partial charge in [0.25, 0.3) is 0 Å². The molecule has 2 unspecified atom stereocenters. The highest BCUT2D eigenvalue weighted by molar-refractivity contribution is 5.86. The third-order valence-corrected chi connectivity index (χ3v) is 7.08. The minimum atomic E-state index is -0.164. The number of nitrogens with one attached hydrogen (secondary N) is 2. The van der Waals surface area contributed by atoms with Gasteiger partial charge < -0.3 is 24.7 Å². The summed E-state index contributed by atoms with van der Waals surface area (Å²) in [7, 11) is 3.29. The molecule has 1 aliphatic heterocycles. The molecule has 1 aliphatic rings. The molecule has 2 N–H and O–H groups in total. The van der Waals surface area contributed by atoms with Gasteiger partial charge in [-0.2, -0.15) is 0 Å². The fraction of sp³-hybridized carbons (Fsp3) is 0.464. The van der Waals surface area contributed by atoms with E-state index >= 15 is 0 Å². The number of para-hydroxylation sites is 2. The molecule has 0 radical (unpaired) electrons. The van der Waals surface area contributed by atoms with Crippen molar-refractivity contribution in [2.45, 2.75) is 51.0 Å². The van der Waals surface area contributed by atoms with Crippen LogP contribution in [-0.2, 0) is 4.79 Å². The summed E-state index contributed by atoms with van der Waals surface area (Å²) in [4.78, 5) is 19.0. The van der Waals surface area contributed by atoms with Gasteiger partial charge in [0.15, 0.2) is 11.5 Å². The number of rotatable bonds is 10. The van der Waals surface area contributed by atoms with Crippen molar-refractivity contribution in [2.75, 3.05) is 33.9 Å². The monoisotopic (exact) mass is 463 g/mol. The molecule has 2 aromatic carbocycles. The molecule has 3 aromatic rings. The number of carbonyl (C=O) groups is 1. The van der Waals surface area contributed by atoms with E-state index in [1.54, 1.807) is 14.2 Å². The smallest absolute Gasteiger partial charge is 0.220 e. The first kappa shape index (κ1) is 24.1. The lowest BCUT2D eigenvalue weighted by atomic mass is 9.87. The van der Waals surface area contributed by atoms with Crippen LogP contribution in [0, 0.1) is 0 Å². The molecular formula is C28H37N3O3. The summed E-state index contributed by atoms with van der Waals surface area (Å²) in [6.07, 6.45) is 7.21. The average molecular weight is 464 g/mol. The molecule has 1 saturated heterocycles. The summed E-state index contributed by atoms with van der Waals surface area (Å²) in [6, 6.07) is 14.7. The Labute approximate surface area is 202 Å². The number of aromatic amines is 1. The molecule has 34 heavy (non-hydrogen) atoms. The number of hydrogen-bond acceptors (Lipinski definition) is 4. The maximum atomic E-state index is 13.1. The van der Waals surface area contributed by atoms with Crippen molar-refractivity contribution >= 4 is 16.8 Å². The molecule has 0 spiro atoms. The fourth-order valence-electron chi connectivity index (χ4n) is 5.21. The standard InChI is InChI=1S/C28H37N3O3/c1-20-10-6-7-16-31(20)17-9-15-29-27(32)18-23(22-12-8-14-26(33-2)28(22)34-3)24-19-30-25-13-5-4-11-21(24)25/h4-5,8,11-14,19-20,23,30H,6-7,9-10,15-18H2,1-3H3,(H,29,32). The molecule has 2 heterocycles. The van der Waals surface area contributed by atoms with Gasteiger partial charge in [0.05, 0.1) is 14.2 Å². The van der Waals surface area contributed by atoms with Gasteiger partial charge in [-0.1, -0.05) is 36.8 Å². The molecule has 0 saturated carbocycles. The van der Waals surface area contributed by atoms with E-state index in [9.17, 15) is 4.79 Å². The third kappa shape index (κ3) is 5.39. The molecule has 1 amide bonds. The van der Waals surface area contributed by atoms with Crippen molar-refractivity contribution in [3.8, 4) is 11.5 Å². The number of aromatic nitrogens is 1. The second-order valence-electron chi connectivity index (χ2n) is 9.21. The summed E-state index contributed by atoms with van der Waals surface area (Å²) in [5.41, 5.74) is 3.09. The van der Waals surface area contributed by atoms with Crippen molar-refractivity contribution in [1.82, 2.24) is 15.2 Å². The van der Waals surface area contributed by atoms with Crippen LogP contribution < -0.4 is 14.8 Å². The molecule has 2 atom stereocenters. The second kappa shape index (κ2) is 11.4. The minimum absolute atomic E-state index is 0.0480. The number of carbonyl (C=O) groups excluding carboxylic acids is 1. The van der Waals surface area contributed by atoms with E-state index < -0.39 is 0 Å². The lowest BCUT2D eigenvalue weighted by Crippen LogP contribution is -2.39. The number of ether oxygens (including phenoxy) is 2. The van der Waals surface area contributed by atoms with Crippen LogP contribution in [0.4, 0.5) is 0 Å². The molecule has 0 bridgehead atoms. The molecule has 182 valence electrons. The highest BCUT2D eigenvalue weighted by Gasteiger charge is 2.26. The number of amides is 1. The van der Waals surface area contributed by atoms with Crippen molar-refractivity contribution in [2.24, 2.45) is 0 Å². The minimum Gasteiger partial charge on any atom is -0.493 e. The summed E-state index contributed by atoms with van der Waals surface area (Å²) in [5, 5.41) is 4.28. The molecule has 1 fully saturated rings. The maximum Gasteiger partial charge on any atom is 0.220 e. The van der Waals surface area contributed by atoms with Crippen LogP contribution in [0.25, 0.3) is 10.9 Å². The zero-order valence-electron chi connectivity index (χ0n) is 20.6. The Morgan fingerprint density at radius 2 is 1.97 bits per heavy atom. The first-order chi connectivity index (χ1) is 16.6. The Morgan fingerprint density at radius 3 is 2.76 bits per heavy atom. The second-order valence-corrected chi connectivity index (χ2v) is 9.21. The summed E-state index contributed by atoms with van der Waals surface area (Å²) in [6.45, 7) is 5.22. The highest BCUT2D eigenvalue weighted by atomic mass is 16.5. The predicted molar refractivity (Wildman–Crippen MR) is 137 cm³/mol. The van der Waals surface area contributed by atoms with Gasteiger partial charge in [-0.05, 0) is 50.4 Å². The number of piperidine rings is 1. The van der Waals surface area contributed by atoms with Gasteiger partial charge in [-0.3, -0.25) is 4.79 Å². The van der Waals surface area contributed by atoms with Gasteiger partial charge in [-0.15, -0.1) is 0 Å². The lowest BCUT2D eigenvalue weighted by Gasteiger charge is -2.33. The zero-order valence-corrected chi connectivity index (χ0v) is 20.6. The first-order valence-corrected chi connectivity index (χ1v) is 12.4. The number of hydrogen-bond donors (Lipinski definition) is 2. The number of fused-ring (bicyclic) bond motifs is 1. The number of benzene rings is 2. The Bertz CT molecular complexity index is 1090. The summed E-state index contributed by atoms with van der Waals surface area (Å²) >= 11 is 0. The molecule has 1 aromatic heterocycles. The normalized spacial score (nSPS) is 17.4. The Morgan fingerprint density at radius 1 is 1.12 bits per heavy atom.